The van der Waals surface area contributed by atoms with E-state index in [-0.39, 0.29) is 12.2 Å². The lowest BCUT2D eigenvalue weighted by molar-refractivity contribution is -0.112. The molecule has 9 heteroatoms. The number of amides is 1. The monoisotopic (exact) mass is 644 g/mol. The van der Waals surface area contributed by atoms with Gasteiger partial charge in [-0.25, -0.2) is 4.39 Å². The third-order valence-corrected chi connectivity index (χ3v) is 6.63. The van der Waals surface area contributed by atoms with E-state index in [4.69, 9.17) is 18.9 Å². The van der Waals surface area contributed by atoms with E-state index in [1.807, 2.05) is 68.4 Å². The summed E-state index contributed by atoms with van der Waals surface area (Å²) in [6, 6.07) is 26.2. The summed E-state index contributed by atoms with van der Waals surface area (Å²) < 4.78 is 37.6. The van der Waals surface area contributed by atoms with Gasteiger partial charge < -0.3 is 24.3 Å². The number of benzene rings is 4. The molecule has 0 saturated carbocycles. The largest absolute Gasteiger partial charge is 0.490 e. The lowest BCUT2D eigenvalue weighted by Gasteiger charge is -2.16. The first-order chi connectivity index (χ1) is 20.9. The van der Waals surface area contributed by atoms with Gasteiger partial charge in [0.15, 0.2) is 23.0 Å². The first-order valence-electron chi connectivity index (χ1n) is 13.6. The highest BCUT2D eigenvalue weighted by Gasteiger charge is 2.16. The third kappa shape index (κ3) is 8.84. The highest BCUT2D eigenvalue weighted by atomic mass is 79.9. The van der Waals surface area contributed by atoms with Crippen LogP contribution >= 0.6 is 15.9 Å². The van der Waals surface area contributed by atoms with Crippen LogP contribution in [0.25, 0.3) is 6.08 Å². The van der Waals surface area contributed by atoms with Crippen LogP contribution in [0.1, 0.15) is 30.5 Å². The highest BCUT2D eigenvalue weighted by Crippen LogP contribution is 2.39. The minimum Gasteiger partial charge on any atom is -0.490 e. The van der Waals surface area contributed by atoms with E-state index >= 15 is 0 Å². The third-order valence-electron chi connectivity index (χ3n) is 6.04. The second-order valence-corrected chi connectivity index (χ2v) is 10.0. The number of nitriles is 1. The number of anilines is 1. The lowest BCUT2D eigenvalue weighted by Crippen LogP contribution is -2.13. The van der Waals surface area contributed by atoms with Crippen molar-refractivity contribution >= 4 is 33.6 Å². The Morgan fingerprint density at radius 3 is 2.23 bits per heavy atom. The molecule has 0 spiro atoms. The number of nitrogens with zero attached hydrogens (tertiary/aromatic N) is 1. The molecule has 0 aliphatic rings. The molecule has 43 heavy (non-hydrogen) atoms. The molecule has 0 aliphatic carbocycles. The zero-order valence-electron chi connectivity index (χ0n) is 23.7. The normalized spacial score (nSPS) is 10.9. The van der Waals surface area contributed by atoms with Gasteiger partial charge in [-0.3, -0.25) is 4.79 Å². The van der Waals surface area contributed by atoms with Crippen molar-refractivity contribution in [1.82, 2.24) is 0 Å². The smallest absolute Gasteiger partial charge is 0.266 e. The topological polar surface area (TPSA) is 89.8 Å². The van der Waals surface area contributed by atoms with Gasteiger partial charge >= 0.3 is 0 Å². The van der Waals surface area contributed by atoms with Gasteiger partial charge in [0.2, 0.25) is 0 Å². The molecule has 1 amide bonds. The minimum absolute atomic E-state index is 0.134. The van der Waals surface area contributed by atoms with Crippen molar-refractivity contribution in [2.45, 2.75) is 27.1 Å². The maximum absolute atomic E-state index is 13.2. The summed E-state index contributed by atoms with van der Waals surface area (Å²) in [4.78, 5) is 12.7. The van der Waals surface area contributed by atoms with Gasteiger partial charge in [-0.1, -0.05) is 36.4 Å². The summed E-state index contributed by atoms with van der Waals surface area (Å²) in [6.07, 6.45) is 1.44. The van der Waals surface area contributed by atoms with Gasteiger partial charge in [-0.15, -0.1) is 0 Å². The first-order valence-corrected chi connectivity index (χ1v) is 14.4. The van der Waals surface area contributed by atoms with Crippen LogP contribution in [-0.4, -0.2) is 19.1 Å². The average molecular weight is 646 g/mol. The first kappa shape index (κ1) is 31.1. The molecule has 0 atom stereocenters. The van der Waals surface area contributed by atoms with Gasteiger partial charge in [0.05, 0.1) is 17.7 Å². The van der Waals surface area contributed by atoms with Crippen molar-refractivity contribution in [3.63, 3.8) is 0 Å². The molecule has 4 aromatic carbocycles. The maximum atomic E-state index is 13.2. The Hall–Kier alpha value is -4.81. The van der Waals surface area contributed by atoms with Crippen LogP contribution in [0.5, 0.6) is 23.0 Å². The fraction of sp³-hybridized carbons (Fsp3) is 0.176. The van der Waals surface area contributed by atoms with Crippen LogP contribution in [-0.2, 0) is 18.0 Å². The van der Waals surface area contributed by atoms with Crippen molar-refractivity contribution < 1.29 is 28.1 Å². The van der Waals surface area contributed by atoms with Crippen LogP contribution in [0.3, 0.4) is 0 Å². The summed E-state index contributed by atoms with van der Waals surface area (Å²) in [5.41, 5.74) is 2.70. The molecule has 0 saturated heterocycles. The van der Waals surface area contributed by atoms with Gasteiger partial charge in [0, 0.05) is 5.69 Å². The molecule has 1 N–H and O–H groups in total. The van der Waals surface area contributed by atoms with Crippen LogP contribution in [0.4, 0.5) is 10.1 Å². The SMILES string of the molecule is CCOc1cc(COc2c(Br)cc(/C=C(\C#N)C(=O)Nc3ccc(F)cc3)cc2OCC)ccc1OCc1ccccc1. The number of hydrogen-bond donors (Lipinski definition) is 1. The molecule has 0 heterocycles. The van der Waals surface area contributed by atoms with Crippen LogP contribution < -0.4 is 24.3 Å². The minimum atomic E-state index is -0.621. The Labute approximate surface area is 258 Å². The molecular weight excluding hydrogens is 615 g/mol. The predicted octanol–water partition coefficient (Wildman–Crippen LogP) is 8.09. The van der Waals surface area contributed by atoms with Gasteiger partial charge in [-0.05, 0) is 101 Å². The number of halogens is 2. The van der Waals surface area contributed by atoms with Gasteiger partial charge in [-0.2, -0.15) is 5.26 Å². The van der Waals surface area contributed by atoms with Gasteiger partial charge in [0.1, 0.15) is 30.7 Å². The molecule has 220 valence electrons. The summed E-state index contributed by atoms with van der Waals surface area (Å²) in [6.45, 7) is 5.25. The Balaban J connectivity index is 1.50. The van der Waals surface area contributed by atoms with E-state index in [9.17, 15) is 14.4 Å². The molecule has 0 aliphatic heterocycles. The van der Waals surface area contributed by atoms with Crippen molar-refractivity contribution in [2.75, 3.05) is 18.5 Å². The Kier molecular flexibility index (Phi) is 11.2. The molecule has 4 aromatic rings. The van der Waals surface area contributed by atoms with Gasteiger partial charge in [0.25, 0.3) is 5.91 Å². The van der Waals surface area contributed by atoms with E-state index in [0.717, 1.165) is 11.1 Å². The van der Waals surface area contributed by atoms with E-state index in [1.165, 1.54) is 30.3 Å². The Morgan fingerprint density at radius 2 is 1.53 bits per heavy atom. The summed E-state index contributed by atoms with van der Waals surface area (Å²) in [5.74, 6) is 1.11. The molecule has 0 fully saturated rings. The quantitative estimate of drug-likeness (QED) is 0.117. The van der Waals surface area contributed by atoms with E-state index in [1.54, 1.807) is 12.1 Å². The van der Waals surface area contributed by atoms with Crippen molar-refractivity contribution in [1.29, 1.82) is 5.26 Å². The number of rotatable bonds is 13. The zero-order chi connectivity index (χ0) is 30.6. The van der Waals surface area contributed by atoms with E-state index < -0.39 is 11.7 Å². The predicted molar refractivity (Wildman–Crippen MR) is 167 cm³/mol. The second kappa shape index (κ2) is 15.4. The molecule has 0 radical (unpaired) electrons. The molecule has 4 rings (SSSR count). The van der Waals surface area contributed by atoms with E-state index in [2.05, 4.69) is 21.2 Å². The summed E-state index contributed by atoms with van der Waals surface area (Å²) in [5, 5.41) is 12.2. The second-order valence-electron chi connectivity index (χ2n) is 9.17. The molecule has 7 nitrogen and oxygen atoms in total. The van der Waals surface area contributed by atoms with Crippen molar-refractivity contribution in [3.8, 4) is 29.1 Å². The average Bonchev–Trinajstić information content (AvgIpc) is 3.01. The number of carbonyl (C=O) groups is 1. The Bertz CT molecular complexity index is 1620. The highest BCUT2D eigenvalue weighted by molar-refractivity contribution is 9.10. The van der Waals surface area contributed by atoms with Crippen LogP contribution in [0, 0.1) is 17.1 Å². The number of nitrogens with one attached hydrogen (secondary N) is 1. The molecule has 0 aromatic heterocycles. The Morgan fingerprint density at radius 1 is 0.837 bits per heavy atom. The summed E-state index contributed by atoms with van der Waals surface area (Å²) in [7, 11) is 0. The fourth-order valence-corrected chi connectivity index (χ4v) is 4.62. The molecule has 0 bridgehead atoms. The maximum Gasteiger partial charge on any atom is 0.266 e. The standard InChI is InChI=1S/C34H30BrFN2O5/c1-3-40-31-18-24(10-15-30(31)42-21-23-8-6-5-7-9-23)22-43-33-29(35)17-25(19-32(33)41-4-2)16-26(20-37)34(39)38-28-13-11-27(36)12-14-28/h5-19H,3-4,21-22H2,1-2H3,(H,38,39)/b26-16+. The van der Waals surface area contributed by atoms with Crippen LogP contribution in [0.2, 0.25) is 0 Å². The number of hydrogen-bond acceptors (Lipinski definition) is 6. The molecular formula is C34H30BrFN2O5. The number of carbonyl (C=O) groups excluding carboxylic acids is 1. The fourth-order valence-electron chi connectivity index (χ4n) is 4.04. The van der Waals surface area contributed by atoms with E-state index in [0.29, 0.717) is 58.5 Å². The van der Waals surface area contributed by atoms with Crippen LogP contribution in [0.15, 0.2) is 95.0 Å². The lowest BCUT2D eigenvalue weighted by atomic mass is 10.1. The van der Waals surface area contributed by atoms with Crippen molar-refractivity contribution in [3.05, 3.63) is 117 Å². The summed E-state index contributed by atoms with van der Waals surface area (Å²) >= 11 is 3.55. The number of ether oxygens (including phenoxy) is 4. The zero-order valence-corrected chi connectivity index (χ0v) is 25.3. The van der Waals surface area contributed by atoms with Crippen molar-refractivity contribution in [2.24, 2.45) is 0 Å². The molecule has 0 unspecified atom stereocenters.